The number of nitrogens with two attached hydrogens (primary N) is 1. The third-order valence-corrected chi connectivity index (χ3v) is 3.08. The molecule has 0 fully saturated rings. The Balaban J connectivity index is 2.59. The lowest BCUT2D eigenvalue weighted by Crippen LogP contribution is -2.22. The predicted octanol–water partition coefficient (Wildman–Crippen LogP) is 2.71. The minimum Gasteiger partial charge on any atom is -0.326 e. The summed E-state index contributed by atoms with van der Waals surface area (Å²) in [5.74, 6) is 0. The molecule has 2 N–H and O–H groups in total. The van der Waals surface area contributed by atoms with Crippen LogP contribution in [0.3, 0.4) is 0 Å². The van der Waals surface area contributed by atoms with E-state index in [4.69, 9.17) is 5.73 Å². The highest BCUT2D eigenvalue weighted by Crippen LogP contribution is 2.23. The Hall–Kier alpha value is -0.870. The molecule has 3 nitrogen and oxygen atoms in total. The van der Waals surface area contributed by atoms with Crippen molar-refractivity contribution in [3.63, 3.8) is 0 Å². The van der Waals surface area contributed by atoms with Crippen molar-refractivity contribution >= 4 is 26.8 Å². The average Bonchev–Trinajstić information content (AvgIpc) is 2.55. The van der Waals surface area contributed by atoms with Gasteiger partial charge in [-0.2, -0.15) is 5.10 Å². The summed E-state index contributed by atoms with van der Waals surface area (Å²) in [4.78, 5) is 0. The van der Waals surface area contributed by atoms with Gasteiger partial charge in [-0.1, -0.05) is 22.9 Å². The van der Waals surface area contributed by atoms with Crippen LogP contribution in [0, 0.1) is 0 Å². The monoisotopic (exact) mass is 281 g/mol. The third-order valence-electron chi connectivity index (χ3n) is 2.59. The van der Waals surface area contributed by atoms with Gasteiger partial charge in [0.05, 0.1) is 17.8 Å². The van der Waals surface area contributed by atoms with E-state index >= 15 is 0 Å². The van der Waals surface area contributed by atoms with Gasteiger partial charge in [0, 0.05) is 15.9 Å². The quantitative estimate of drug-likeness (QED) is 0.940. The van der Waals surface area contributed by atoms with Crippen LogP contribution in [0.4, 0.5) is 0 Å². The molecule has 16 heavy (non-hydrogen) atoms. The molecule has 1 aromatic carbocycles. The molecular formula is C12H16BrN3. The third kappa shape index (κ3) is 2.13. The fraction of sp³-hybridized carbons (Fsp3) is 0.417. The van der Waals surface area contributed by atoms with Crippen LogP contribution in [-0.2, 0) is 13.0 Å². The van der Waals surface area contributed by atoms with Gasteiger partial charge in [0.15, 0.2) is 0 Å². The van der Waals surface area contributed by atoms with Crippen molar-refractivity contribution < 1.29 is 0 Å². The minimum atomic E-state index is 0.117. The Labute approximate surface area is 104 Å². The van der Waals surface area contributed by atoms with E-state index in [0.717, 1.165) is 28.6 Å². The lowest BCUT2D eigenvalue weighted by Gasteiger charge is -2.06. The molecule has 0 radical (unpaired) electrons. The Morgan fingerprint density at radius 3 is 2.88 bits per heavy atom. The number of nitrogens with zero attached hydrogens (tertiary/aromatic N) is 2. The number of aromatic nitrogens is 2. The van der Waals surface area contributed by atoms with Gasteiger partial charge in [-0.05, 0) is 31.5 Å². The van der Waals surface area contributed by atoms with Crippen molar-refractivity contribution in [1.82, 2.24) is 9.78 Å². The van der Waals surface area contributed by atoms with Crippen LogP contribution >= 0.6 is 15.9 Å². The number of fused-ring (bicyclic) bond motifs is 1. The number of rotatable bonds is 3. The fourth-order valence-electron chi connectivity index (χ4n) is 1.89. The summed E-state index contributed by atoms with van der Waals surface area (Å²) in [6, 6.07) is 6.39. The zero-order valence-corrected chi connectivity index (χ0v) is 11.2. The van der Waals surface area contributed by atoms with Crippen molar-refractivity contribution in [3.05, 3.63) is 28.4 Å². The summed E-state index contributed by atoms with van der Waals surface area (Å²) in [6.07, 6.45) is 0.948. The number of benzene rings is 1. The molecule has 0 aliphatic heterocycles. The normalized spacial score (nSPS) is 13.2. The summed E-state index contributed by atoms with van der Waals surface area (Å²) in [5.41, 5.74) is 8.13. The second kappa shape index (κ2) is 4.55. The van der Waals surface area contributed by atoms with Gasteiger partial charge in [0.2, 0.25) is 0 Å². The van der Waals surface area contributed by atoms with Crippen LogP contribution in [0.25, 0.3) is 10.9 Å². The average molecular weight is 282 g/mol. The predicted molar refractivity (Wildman–Crippen MR) is 70.5 cm³/mol. The van der Waals surface area contributed by atoms with Gasteiger partial charge in [-0.15, -0.1) is 0 Å². The van der Waals surface area contributed by atoms with E-state index < -0.39 is 0 Å². The largest absolute Gasteiger partial charge is 0.326 e. The van der Waals surface area contributed by atoms with Gasteiger partial charge in [-0.3, -0.25) is 4.68 Å². The molecule has 0 saturated carbocycles. The molecule has 1 aromatic heterocycles. The van der Waals surface area contributed by atoms with Crippen molar-refractivity contribution in [3.8, 4) is 0 Å². The highest BCUT2D eigenvalue weighted by atomic mass is 79.9. The van der Waals surface area contributed by atoms with Crippen molar-refractivity contribution in [2.45, 2.75) is 32.9 Å². The van der Waals surface area contributed by atoms with Crippen molar-refractivity contribution in [2.24, 2.45) is 5.73 Å². The molecule has 0 aliphatic rings. The maximum Gasteiger partial charge on any atom is 0.0700 e. The van der Waals surface area contributed by atoms with E-state index in [1.165, 1.54) is 5.39 Å². The van der Waals surface area contributed by atoms with Gasteiger partial charge in [0.25, 0.3) is 0 Å². The molecule has 2 aromatic rings. The van der Waals surface area contributed by atoms with E-state index in [9.17, 15) is 0 Å². The van der Waals surface area contributed by atoms with E-state index in [1.54, 1.807) is 0 Å². The summed E-state index contributed by atoms with van der Waals surface area (Å²) in [7, 11) is 0. The van der Waals surface area contributed by atoms with Crippen LogP contribution in [0.5, 0.6) is 0 Å². The Morgan fingerprint density at radius 2 is 2.25 bits per heavy atom. The van der Waals surface area contributed by atoms with E-state index in [2.05, 4.69) is 46.2 Å². The van der Waals surface area contributed by atoms with Crippen molar-refractivity contribution in [1.29, 1.82) is 0 Å². The molecule has 1 heterocycles. The van der Waals surface area contributed by atoms with E-state index in [-0.39, 0.29) is 6.04 Å². The Morgan fingerprint density at radius 1 is 1.50 bits per heavy atom. The number of halogens is 1. The summed E-state index contributed by atoms with van der Waals surface area (Å²) >= 11 is 3.49. The van der Waals surface area contributed by atoms with Gasteiger partial charge in [-0.25, -0.2) is 0 Å². The highest BCUT2D eigenvalue weighted by molar-refractivity contribution is 9.10. The van der Waals surface area contributed by atoms with Gasteiger partial charge < -0.3 is 5.73 Å². The summed E-state index contributed by atoms with van der Waals surface area (Å²) in [5, 5.41) is 5.83. The molecule has 0 bridgehead atoms. The first kappa shape index (κ1) is 11.6. The SMILES string of the molecule is CCc1nn(C[C@H](C)N)c2cc(Br)ccc12. The van der Waals surface area contributed by atoms with Crippen molar-refractivity contribution in [2.75, 3.05) is 0 Å². The smallest absolute Gasteiger partial charge is 0.0700 e. The van der Waals surface area contributed by atoms with Crippen LogP contribution in [0.2, 0.25) is 0 Å². The molecule has 1 atom stereocenters. The molecule has 0 unspecified atom stereocenters. The number of aryl methyl sites for hydroxylation is 1. The highest BCUT2D eigenvalue weighted by Gasteiger charge is 2.10. The molecule has 4 heteroatoms. The molecule has 0 spiro atoms. The molecule has 0 saturated heterocycles. The Kier molecular flexibility index (Phi) is 3.30. The lowest BCUT2D eigenvalue weighted by atomic mass is 10.2. The van der Waals surface area contributed by atoms with Gasteiger partial charge in [0.1, 0.15) is 0 Å². The first-order chi connectivity index (χ1) is 7.61. The molecular weight excluding hydrogens is 266 g/mol. The fourth-order valence-corrected chi connectivity index (χ4v) is 2.24. The second-order valence-corrected chi connectivity index (χ2v) is 5.04. The Bertz CT molecular complexity index is 502. The molecule has 86 valence electrons. The van der Waals surface area contributed by atoms with Crippen LogP contribution in [-0.4, -0.2) is 15.8 Å². The van der Waals surface area contributed by atoms with Crippen LogP contribution in [0.15, 0.2) is 22.7 Å². The van der Waals surface area contributed by atoms with E-state index in [1.807, 2.05) is 11.6 Å². The number of hydrogen-bond acceptors (Lipinski definition) is 2. The van der Waals surface area contributed by atoms with Gasteiger partial charge >= 0.3 is 0 Å². The summed E-state index contributed by atoms with van der Waals surface area (Å²) < 4.78 is 3.08. The summed E-state index contributed by atoms with van der Waals surface area (Å²) in [6.45, 7) is 4.88. The maximum atomic E-state index is 5.83. The molecule has 0 amide bonds. The zero-order valence-electron chi connectivity index (χ0n) is 9.57. The lowest BCUT2D eigenvalue weighted by molar-refractivity contribution is 0.548. The first-order valence-corrected chi connectivity index (χ1v) is 6.31. The van der Waals surface area contributed by atoms with Crippen LogP contribution in [0.1, 0.15) is 19.5 Å². The van der Waals surface area contributed by atoms with E-state index in [0.29, 0.717) is 0 Å². The molecule has 0 aliphatic carbocycles. The second-order valence-electron chi connectivity index (χ2n) is 4.12. The standard InChI is InChI=1S/C12H16BrN3/c1-3-11-10-5-4-9(13)6-12(10)16(15-11)7-8(2)14/h4-6,8H,3,7,14H2,1-2H3/t8-/m0/s1. The maximum absolute atomic E-state index is 5.83. The molecule has 2 rings (SSSR count). The topological polar surface area (TPSA) is 43.8 Å². The van der Waals surface area contributed by atoms with Crippen LogP contribution < -0.4 is 5.73 Å². The minimum absolute atomic E-state index is 0.117. The zero-order chi connectivity index (χ0) is 11.7. The first-order valence-electron chi connectivity index (χ1n) is 5.52. The number of hydrogen-bond donors (Lipinski definition) is 1.